The zero-order valence-electron chi connectivity index (χ0n) is 9.64. The Morgan fingerprint density at radius 3 is 2.88 bits per heavy atom. The van der Waals surface area contributed by atoms with Crippen molar-refractivity contribution in [3.8, 4) is 11.3 Å². The van der Waals surface area contributed by atoms with Gasteiger partial charge in [-0.3, -0.25) is 4.79 Å². The Morgan fingerprint density at radius 2 is 2.12 bits per heavy atom. The summed E-state index contributed by atoms with van der Waals surface area (Å²) in [6, 6.07) is 9.97. The van der Waals surface area contributed by atoms with Crippen LogP contribution in [0.2, 0.25) is 0 Å². The molecule has 17 heavy (non-hydrogen) atoms. The third-order valence-corrected chi connectivity index (χ3v) is 3.19. The lowest BCUT2D eigenvalue weighted by Crippen LogP contribution is -2.32. The second kappa shape index (κ2) is 3.77. The fraction of sp³-hybridized carbons (Fsp3) is 0.214. The van der Waals surface area contributed by atoms with E-state index in [9.17, 15) is 4.79 Å². The number of amides is 1. The SMILES string of the molecule is CN1Cc2cc(-c3ccco3)ccc2CC1=O. The highest BCUT2D eigenvalue weighted by Gasteiger charge is 2.20. The van der Waals surface area contributed by atoms with Crippen molar-refractivity contribution in [2.75, 3.05) is 7.05 Å². The Balaban J connectivity index is 2.02. The molecule has 0 fully saturated rings. The minimum absolute atomic E-state index is 0.184. The summed E-state index contributed by atoms with van der Waals surface area (Å²) in [6.45, 7) is 0.683. The molecule has 0 radical (unpaired) electrons. The lowest BCUT2D eigenvalue weighted by atomic mass is 9.96. The Bertz CT molecular complexity index is 558. The maximum absolute atomic E-state index is 11.6. The second-order valence-electron chi connectivity index (χ2n) is 4.39. The molecule has 1 aliphatic rings. The van der Waals surface area contributed by atoms with Crippen molar-refractivity contribution in [3.63, 3.8) is 0 Å². The number of likely N-dealkylation sites (N-methyl/N-ethyl adjacent to an activating group) is 1. The molecule has 2 aromatic rings. The van der Waals surface area contributed by atoms with E-state index >= 15 is 0 Å². The lowest BCUT2D eigenvalue weighted by Gasteiger charge is -2.25. The summed E-state index contributed by atoms with van der Waals surface area (Å²) >= 11 is 0. The monoisotopic (exact) mass is 227 g/mol. The predicted octanol–water partition coefficient (Wildman–Crippen LogP) is 2.46. The first-order valence-corrected chi connectivity index (χ1v) is 5.64. The summed E-state index contributed by atoms with van der Waals surface area (Å²) in [7, 11) is 1.84. The third kappa shape index (κ3) is 1.73. The molecule has 1 aromatic heterocycles. The zero-order valence-corrected chi connectivity index (χ0v) is 9.64. The van der Waals surface area contributed by atoms with E-state index in [1.165, 1.54) is 5.56 Å². The molecule has 0 aliphatic carbocycles. The molecule has 1 amide bonds. The van der Waals surface area contributed by atoms with Gasteiger partial charge in [0.25, 0.3) is 0 Å². The van der Waals surface area contributed by atoms with Crippen LogP contribution < -0.4 is 0 Å². The summed E-state index contributed by atoms with van der Waals surface area (Å²) < 4.78 is 5.38. The van der Waals surface area contributed by atoms with E-state index in [0.29, 0.717) is 13.0 Å². The number of furan rings is 1. The van der Waals surface area contributed by atoms with Crippen molar-refractivity contribution in [2.45, 2.75) is 13.0 Å². The van der Waals surface area contributed by atoms with Gasteiger partial charge in [0.1, 0.15) is 5.76 Å². The number of rotatable bonds is 1. The molecule has 1 aliphatic heterocycles. The number of carbonyl (C=O) groups is 1. The molecule has 0 saturated heterocycles. The molecule has 2 heterocycles. The minimum atomic E-state index is 0.184. The Labute approximate surface area is 99.7 Å². The zero-order chi connectivity index (χ0) is 11.8. The van der Waals surface area contributed by atoms with Gasteiger partial charge in [0, 0.05) is 19.2 Å². The molecule has 3 rings (SSSR count). The lowest BCUT2D eigenvalue weighted by molar-refractivity contribution is -0.130. The topological polar surface area (TPSA) is 33.5 Å². The van der Waals surface area contributed by atoms with Crippen molar-refractivity contribution < 1.29 is 9.21 Å². The van der Waals surface area contributed by atoms with Gasteiger partial charge in [-0.05, 0) is 29.3 Å². The maximum Gasteiger partial charge on any atom is 0.227 e. The van der Waals surface area contributed by atoms with Crippen LogP contribution in [-0.2, 0) is 17.8 Å². The number of fused-ring (bicyclic) bond motifs is 1. The smallest absolute Gasteiger partial charge is 0.227 e. The molecule has 0 spiro atoms. The minimum Gasteiger partial charge on any atom is -0.464 e. The van der Waals surface area contributed by atoms with Crippen molar-refractivity contribution in [2.24, 2.45) is 0 Å². The van der Waals surface area contributed by atoms with Crippen LogP contribution in [0.4, 0.5) is 0 Å². The van der Waals surface area contributed by atoms with Gasteiger partial charge in [0.05, 0.1) is 12.7 Å². The molecule has 86 valence electrons. The second-order valence-corrected chi connectivity index (χ2v) is 4.39. The van der Waals surface area contributed by atoms with Gasteiger partial charge in [-0.1, -0.05) is 12.1 Å². The van der Waals surface area contributed by atoms with E-state index in [1.54, 1.807) is 11.2 Å². The first-order chi connectivity index (χ1) is 8.24. The predicted molar refractivity (Wildman–Crippen MR) is 64.3 cm³/mol. The van der Waals surface area contributed by atoms with Crippen molar-refractivity contribution >= 4 is 5.91 Å². The molecular formula is C14H13NO2. The Kier molecular flexibility index (Phi) is 2.25. The highest BCUT2D eigenvalue weighted by molar-refractivity contribution is 5.81. The van der Waals surface area contributed by atoms with Gasteiger partial charge in [0.2, 0.25) is 5.91 Å². The third-order valence-electron chi connectivity index (χ3n) is 3.19. The average molecular weight is 227 g/mol. The van der Waals surface area contributed by atoms with Crippen LogP contribution >= 0.6 is 0 Å². The molecule has 0 saturated carbocycles. The molecule has 0 unspecified atom stereocenters. The molecule has 3 nitrogen and oxygen atoms in total. The molecule has 3 heteroatoms. The standard InChI is InChI=1S/C14H13NO2/c1-15-9-12-7-11(13-3-2-6-17-13)5-4-10(12)8-14(15)16/h2-7H,8-9H2,1H3. The average Bonchev–Trinajstić information content (AvgIpc) is 2.83. The van der Waals surface area contributed by atoms with Gasteiger partial charge in [-0.15, -0.1) is 0 Å². The number of nitrogens with zero attached hydrogens (tertiary/aromatic N) is 1. The van der Waals surface area contributed by atoms with Crippen LogP contribution in [0.3, 0.4) is 0 Å². The van der Waals surface area contributed by atoms with Crippen LogP contribution in [0.15, 0.2) is 41.0 Å². The molecule has 0 bridgehead atoms. The Hall–Kier alpha value is -2.03. The van der Waals surface area contributed by atoms with Crippen molar-refractivity contribution in [1.82, 2.24) is 4.90 Å². The number of hydrogen-bond donors (Lipinski definition) is 0. The highest BCUT2D eigenvalue weighted by atomic mass is 16.3. The molecule has 0 atom stereocenters. The largest absolute Gasteiger partial charge is 0.464 e. The highest BCUT2D eigenvalue weighted by Crippen LogP contribution is 2.26. The van der Waals surface area contributed by atoms with E-state index in [0.717, 1.165) is 16.9 Å². The molecule has 1 aromatic carbocycles. The van der Waals surface area contributed by atoms with Crippen LogP contribution in [0.1, 0.15) is 11.1 Å². The first kappa shape index (κ1) is 10.1. The first-order valence-electron chi connectivity index (χ1n) is 5.64. The van der Waals surface area contributed by atoms with Crippen LogP contribution in [-0.4, -0.2) is 17.9 Å². The normalized spacial score (nSPS) is 14.9. The van der Waals surface area contributed by atoms with E-state index in [2.05, 4.69) is 6.07 Å². The molecular weight excluding hydrogens is 214 g/mol. The number of hydrogen-bond acceptors (Lipinski definition) is 2. The van der Waals surface area contributed by atoms with Gasteiger partial charge in [0.15, 0.2) is 0 Å². The maximum atomic E-state index is 11.6. The van der Waals surface area contributed by atoms with Gasteiger partial charge in [-0.2, -0.15) is 0 Å². The van der Waals surface area contributed by atoms with Gasteiger partial charge in [-0.25, -0.2) is 0 Å². The fourth-order valence-electron chi connectivity index (χ4n) is 2.18. The quantitative estimate of drug-likeness (QED) is 0.749. The summed E-state index contributed by atoms with van der Waals surface area (Å²) in [6.07, 6.45) is 2.18. The summed E-state index contributed by atoms with van der Waals surface area (Å²) in [5.41, 5.74) is 3.40. The van der Waals surface area contributed by atoms with E-state index in [4.69, 9.17) is 4.42 Å². The Morgan fingerprint density at radius 1 is 1.24 bits per heavy atom. The number of benzene rings is 1. The van der Waals surface area contributed by atoms with Gasteiger partial charge >= 0.3 is 0 Å². The van der Waals surface area contributed by atoms with E-state index < -0.39 is 0 Å². The fourth-order valence-corrected chi connectivity index (χ4v) is 2.18. The van der Waals surface area contributed by atoms with Crippen molar-refractivity contribution in [1.29, 1.82) is 0 Å². The van der Waals surface area contributed by atoms with Crippen molar-refractivity contribution in [3.05, 3.63) is 47.7 Å². The van der Waals surface area contributed by atoms with Crippen LogP contribution in [0, 0.1) is 0 Å². The molecule has 0 N–H and O–H groups in total. The van der Waals surface area contributed by atoms with E-state index in [1.807, 2.05) is 31.3 Å². The summed E-state index contributed by atoms with van der Waals surface area (Å²) in [5.74, 6) is 1.05. The summed E-state index contributed by atoms with van der Waals surface area (Å²) in [4.78, 5) is 13.3. The number of carbonyl (C=O) groups excluding carboxylic acids is 1. The van der Waals surface area contributed by atoms with Crippen LogP contribution in [0.25, 0.3) is 11.3 Å². The van der Waals surface area contributed by atoms with Gasteiger partial charge < -0.3 is 9.32 Å². The van der Waals surface area contributed by atoms with Crippen LogP contribution in [0.5, 0.6) is 0 Å². The van der Waals surface area contributed by atoms with E-state index in [-0.39, 0.29) is 5.91 Å². The summed E-state index contributed by atoms with van der Waals surface area (Å²) in [5, 5.41) is 0.